The molecule has 0 atom stereocenters. The summed E-state index contributed by atoms with van der Waals surface area (Å²) in [6, 6.07) is 17.0. The van der Waals surface area contributed by atoms with Crippen LogP contribution in [-0.4, -0.2) is 20.5 Å². The predicted molar refractivity (Wildman–Crippen MR) is 113 cm³/mol. The van der Waals surface area contributed by atoms with Crippen LogP contribution < -0.4 is 10.5 Å². The number of halogens is 1. The van der Waals surface area contributed by atoms with E-state index in [-0.39, 0.29) is 28.0 Å². The van der Waals surface area contributed by atoms with Crippen LogP contribution in [0.4, 0.5) is 0 Å². The van der Waals surface area contributed by atoms with E-state index >= 15 is 0 Å². The molecular formula is C18H17ClN2O3S3. The molecule has 1 heterocycles. The number of rotatable bonds is 6. The SMILES string of the molecule is CSc1sc(C(=N)N)cc1S(=O)(=O)c1cccc(Oc2ccccc2)c1.Cl. The van der Waals surface area contributed by atoms with Crippen LogP contribution in [-0.2, 0) is 9.84 Å². The Labute approximate surface area is 172 Å². The molecule has 27 heavy (non-hydrogen) atoms. The van der Waals surface area contributed by atoms with Crippen molar-refractivity contribution in [1.29, 1.82) is 5.41 Å². The molecule has 0 radical (unpaired) electrons. The Balaban J connectivity index is 0.00000261. The largest absolute Gasteiger partial charge is 0.457 e. The summed E-state index contributed by atoms with van der Waals surface area (Å²) in [5, 5.41) is 7.55. The van der Waals surface area contributed by atoms with E-state index in [1.165, 1.54) is 41.3 Å². The number of amidine groups is 1. The van der Waals surface area contributed by atoms with Gasteiger partial charge in [-0.25, -0.2) is 8.42 Å². The zero-order valence-corrected chi connectivity index (χ0v) is 17.5. The Morgan fingerprint density at radius 3 is 2.37 bits per heavy atom. The minimum absolute atomic E-state index is 0. The van der Waals surface area contributed by atoms with Crippen molar-refractivity contribution in [2.45, 2.75) is 14.0 Å². The van der Waals surface area contributed by atoms with Gasteiger partial charge in [0, 0.05) is 0 Å². The van der Waals surface area contributed by atoms with Crippen LogP contribution >= 0.6 is 35.5 Å². The van der Waals surface area contributed by atoms with Gasteiger partial charge >= 0.3 is 0 Å². The summed E-state index contributed by atoms with van der Waals surface area (Å²) in [6.45, 7) is 0. The molecule has 0 bridgehead atoms. The minimum Gasteiger partial charge on any atom is -0.457 e. The Morgan fingerprint density at radius 1 is 1.07 bits per heavy atom. The summed E-state index contributed by atoms with van der Waals surface area (Å²) in [7, 11) is -3.75. The van der Waals surface area contributed by atoms with Gasteiger partial charge in [0.2, 0.25) is 9.84 Å². The first-order valence-electron chi connectivity index (χ1n) is 7.52. The zero-order chi connectivity index (χ0) is 18.7. The number of nitrogens with one attached hydrogen (secondary N) is 1. The van der Waals surface area contributed by atoms with Gasteiger partial charge in [-0.2, -0.15) is 0 Å². The molecule has 3 rings (SSSR count). The van der Waals surface area contributed by atoms with Gasteiger partial charge in [0.05, 0.1) is 18.9 Å². The summed E-state index contributed by atoms with van der Waals surface area (Å²) < 4.78 is 32.5. The van der Waals surface area contributed by atoms with E-state index in [2.05, 4.69) is 0 Å². The molecule has 0 spiro atoms. The highest BCUT2D eigenvalue weighted by Crippen LogP contribution is 2.37. The number of hydrogen-bond acceptors (Lipinski definition) is 6. The molecule has 142 valence electrons. The summed E-state index contributed by atoms with van der Waals surface area (Å²) in [6.07, 6.45) is 1.80. The van der Waals surface area contributed by atoms with Crippen LogP contribution in [0.1, 0.15) is 4.88 Å². The molecule has 0 aliphatic heterocycles. The molecule has 1 aromatic heterocycles. The zero-order valence-electron chi connectivity index (χ0n) is 14.2. The van der Waals surface area contributed by atoms with E-state index < -0.39 is 9.84 Å². The normalized spacial score (nSPS) is 10.9. The van der Waals surface area contributed by atoms with Crippen LogP contribution in [0.3, 0.4) is 0 Å². The maximum Gasteiger partial charge on any atom is 0.208 e. The molecule has 3 aromatic rings. The Hall–Kier alpha value is -2.00. The Bertz CT molecular complexity index is 1050. The molecule has 9 heteroatoms. The summed E-state index contributed by atoms with van der Waals surface area (Å²) in [5.41, 5.74) is 5.51. The number of hydrogen-bond donors (Lipinski definition) is 2. The molecule has 2 aromatic carbocycles. The monoisotopic (exact) mass is 440 g/mol. The third-order valence-electron chi connectivity index (χ3n) is 3.50. The maximum absolute atomic E-state index is 13.1. The topological polar surface area (TPSA) is 93.2 Å². The second kappa shape index (κ2) is 8.79. The fourth-order valence-electron chi connectivity index (χ4n) is 2.28. The van der Waals surface area contributed by atoms with Crippen molar-refractivity contribution in [3.05, 3.63) is 65.5 Å². The van der Waals surface area contributed by atoms with E-state index in [9.17, 15) is 8.42 Å². The lowest BCUT2D eigenvalue weighted by Crippen LogP contribution is -2.08. The number of para-hydroxylation sites is 1. The maximum atomic E-state index is 13.1. The van der Waals surface area contributed by atoms with E-state index in [0.29, 0.717) is 20.6 Å². The molecule has 0 fully saturated rings. The standard InChI is InChI=1S/C18H16N2O3S3.ClH/c1-24-18-16(11-15(25-18)17(19)20)26(21,22)14-9-5-8-13(10-14)23-12-6-3-2-4-7-12;/h2-11H,1H3,(H3,19,20);1H. The third kappa shape index (κ3) is 4.65. The average Bonchev–Trinajstić information content (AvgIpc) is 3.08. The molecule has 3 N–H and O–H groups in total. The lowest BCUT2D eigenvalue weighted by Gasteiger charge is -2.08. The third-order valence-corrected chi connectivity index (χ3v) is 7.84. The molecular weight excluding hydrogens is 424 g/mol. The second-order valence-electron chi connectivity index (χ2n) is 5.27. The highest BCUT2D eigenvalue weighted by molar-refractivity contribution is 8.01. The van der Waals surface area contributed by atoms with Gasteiger partial charge in [-0.15, -0.1) is 35.5 Å². The number of thiophene rings is 1. The van der Waals surface area contributed by atoms with Crippen molar-refractivity contribution in [2.24, 2.45) is 5.73 Å². The van der Waals surface area contributed by atoms with Crippen molar-refractivity contribution in [2.75, 3.05) is 6.26 Å². The first kappa shape index (κ1) is 21.3. The molecule has 0 aliphatic rings. The summed E-state index contributed by atoms with van der Waals surface area (Å²) >= 11 is 2.52. The van der Waals surface area contributed by atoms with E-state index in [1.54, 1.807) is 30.5 Å². The van der Waals surface area contributed by atoms with E-state index in [4.69, 9.17) is 15.9 Å². The molecule has 0 unspecified atom stereocenters. The summed E-state index contributed by atoms with van der Waals surface area (Å²) in [5.74, 6) is 0.916. The van der Waals surface area contributed by atoms with Gasteiger partial charge in [0.1, 0.15) is 17.3 Å². The fourth-order valence-corrected chi connectivity index (χ4v) is 6.17. The molecule has 0 amide bonds. The van der Waals surface area contributed by atoms with Gasteiger partial charge in [-0.3, -0.25) is 5.41 Å². The number of sulfone groups is 1. The van der Waals surface area contributed by atoms with Crippen molar-refractivity contribution in [3.63, 3.8) is 0 Å². The quantitative estimate of drug-likeness (QED) is 0.326. The van der Waals surface area contributed by atoms with Crippen molar-refractivity contribution in [3.8, 4) is 11.5 Å². The molecule has 0 aliphatic carbocycles. The van der Waals surface area contributed by atoms with E-state index in [0.717, 1.165) is 0 Å². The van der Waals surface area contributed by atoms with E-state index in [1.807, 2.05) is 18.2 Å². The lowest BCUT2D eigenvalue weighted by atomic mass is 10.3. The van der Waals surface area contributed by atoms with Crippen molar-refractivity contribution >= 4 is 51.2 Å². The molecule has 0 saturated carbocycles. The van der Waals surface area contributed by atoms with Gasteiger partial charge in [0.15, 0.2) is 0 Å². The van der Waals surface area contributed by atoms with Gasteiger partial charge in [-0.1, -0.05) is 24.3 Å². The van der Waals surface area contributed by atoms with Crippen LogP contribution in [0.2, 0.25) is 0 Å². The van der Waals surface area contributed by atoms with Crippen LogP contribution in [0.25, 0.3) is 0 Å². The first-order valence-corrected chi connectivity index (χ1v) is 11.0. The number of ether oxygens (including phenoxy) is 1. The highest BCUT2D eigenvalue weighted by atomic mass is 35.5. The van der Waals surface area contributed by atoms with Gasteiger partial charge in [-0.05, 0) is 42.7 Å². The molecule has 5 nitrogen and oxygen atoms in total. The fraction of sp³-hybridized carbons (Fsp3) is 0.0556. The number of thioether (sulfide) groups is 1. The molecule has 0 saturated heterocycles. The number of nitrogens with two attached hydrogens (primary N) is 1. The van der Waals surface area contributed by atoms with Gasteiger partial charge in [0.25, 0.3) is 0 Å². The number of benzene rings is 2. The average molecular weight is 441 g/mol. The second-order valence-corrected chi connectivity index (χ2v) is 9.32. The Kier molecular flexibility index (Phi) is 6.94. The summed E-state index contributed by atoms with van der Waals surface area (Å²) in [4.78, 5) is 0.732. The van der Waals surface area contributed by atoms with Crippen LogP contribution in [0.15, 0.2) is 74.7 Å². The minimum atomic E-state index is -3.75. The van der Waals surface area contributed by atoms with Crippen LogP contribution in [0.5, 0.6) is 11.5 Å². The van der Waals surface area contributed by atoms with Crippen molar-refractivity contribution < 1.29 is 13.2 Å². The predicted octanol–water partition coefficient (Wildman–Crippen LogP) is 4.80. The lowest BCUT2D eigenvalue weighted by molar-refractivity contribution is 0.480. The smallest absolute Gasteiger partial charge is 0.208 e. The van der Waals surface area contributed by atoms with Gasteiger partial charge < -0.3 is 10.5 Å². The van der Waals surface area contributed by atoms with Crippen molar-refractivity contribution in [1.82, 2.24) is 0 Å². The highest BCUT2D eigenvalue weighted by Gasteiger charge is 2.25. The first-order chi connectivity index (χ1) is 12.4. The Morgan fingerprint density at radius 2 is 1.74 bits per heavy atom. The van der Waals surface area contributed by atoms with Crippen LogP contribution in [0, 0.1) is 5.41 Å². The number of nitrogen functional groups attached to an aromatic ring is 1.